The van der Waals surface area contributed by atoms with Gasteiger partial charge in [-0.2, -0.15) is 0 Å². The zero-order chi connectivity index (χ0) is 11.6. The summed E-state index contributed by atoms with van der Waals surface area (Å²) in [6.07, 6.45) is 1.62. The molecule has 88 valence electrons. The van der Waals surface area contributed by atoms with Gasteiger partial charge in [-0.15, -0.1) is 0 Å². The largest absolute Gasteiger partial charge is 0.224 e. The van der Waals surface area contributed by atoms with E-state index < -0.39 is 10.0 Å². The standard InChI is InChI=1S/C11H14BrNO2S/c12-9-16(14,15)13-7-5-10-3-1-2-4-11(10)6-8-13/h1-4H,5-9H2. The molecule has 0 spiro atoms. The van der Waals surface area contributed by atoms with Crippen molar-refractivity contribution in [2.24, 2.45) is 0 Å². The van der Waals surface area contributed by atoms with Crippen LogP contribution < -0.4 is 0 Å². The molecule has 5 heteroatoms. The van der Waals surface area contributed by atoms with Gasteiger partial charge in [0.25, 0.3) is 0 Å². The predicted molar refractivity (Wildman–Crippen MR) is 68.1 cm³/mol. The molecule has 0 aliphatic carbocycles. The molecule has 1 heterocycles. The van der Waals surface area contributed by atoms with Crippen LogP contribution in [-0.4, -0.2) is 30.5 Å². The molecule has 0 saturated heterocycles. The van der Waals surface area contributed by atoms with Crippen molar-refractivity contribution in [1.82, 2.24) is 4.31 Å². The Balaban J connectivity index is 2.20. The van der Waals surface area contributed by atoms with Crippen molar-refractivity contribution in [3.8, 4) is 0 Å². The molecule has 3 nitrogen and oxygen atoms in total. The summed E-state index contributed by atoms with van der Waals surface area (Å²) in [5, 5.41) is 0. The second kappa shape index (κ2) is 4.85. The van der Waals surface area contributed by atoms with Gasteiger partial charge >= 0.3 is 0 Å². The Morgan fingerprint density at radius 1 is 1.12 bits per heavy atom. The van der Waals surface area contributed by atoms with E-state index in [0.29, 0.717) is 13.1 Å². The van der Waals surface area contributed by atoms with Crippen LogP contribution in [0.25, 0.3) is 0 Å². The molecular formula is C11H14BrNO2S. The van der Waals surface area contributed by atoms with Crippen molar-refractivity contribution in [3.63, 3.8) is 0 Å². The first-order valence-corrected chi connectivity index (χ1v) is 7.97. The molecule has 0 unspecified atom stereocenters. The fourth-order valence-corrected chi connectivity index (χ4v) is 3.74. The normalized spacial score (nSPS) is 17.8. The lowest BCUT2D eigenvalue weighted by molar-refractivity contribution is 0.430. The van der Waals surface area contributed by atoms with Crippen LogP contribution in [0.1, 0.15) is 11.1 Å². The van der Waals surface area contributed by atoms with Gasteiger partial charge < -0.3 is 0 Å². The van der Waals surface area contributed by atoms with Crippen LogP contribution in [0.4, 0.5) is 0 Å². The van der Waals surface area contributed by atoms with E-state index in [-0.39, 0.29) is 4.66 Å². The Kier molecular flexibility index (Phi) is 3.66. The minimum Gasteiger partial charge on any atom is -0.211 e. The van der Waals surface area contributed by atoms with E-state index in [4.69, 9.17) is 0 Å². The molecule has 1 aromatic rings. The molecule has 0 saturated carbocycles. The van der Waals surface area contributed by atoms with Gasteiger partial charge in [0.1, 0.15) is 4.66 Å². The van der Waals surface area contributed by atoms with E-state index in [1.54, 1.807) is 4.31 Å². The lowest BCUT2D eigenvalue weighted by atomic mass is 10.0. The summed E-state index contributed by atoms with van der Waals surface area (Å²) in [6, 6.07) is 8.18. The van der Waals surface area contributed by atoms with E-state index in [9.17, 15) is 8.42 Å². The van der Waals surface area contributed by atoms with E-state index in [0.717, 1.165) is 12.8 Å². The number of nitrogens with zero attached hydrogens (tertiary/aromatic N) is 1. The van der Waals surface area contributed by atoms with Crippen LogP contribution in [0.15, 0.2) is 24.3 Å². The maximum Gasteiger partial charge on any atom is 0.224 e. The van der Waals surface area contributed by atoms with E-state index >= 15 is 0 Å². The summed E-state index contributed by atoms with van der Waals surface area (Å²) in [5.74, 6) is 0. The molecule has 0 amide bonds. The van der Waals surface area contributed by atoms with Crippen LogP contribution in [0.2, 0.25) is 0 Å². The van der Waals surface area contributed by atoms with Gasteiger partial charge in [0.15, 0.2) is 0 Å². The molecule has 16 heavy (non-hydrogen) atoms. The van der Waals surface area contributed by atoms with Crippen LogP contribution in [0, 0.1) is 0 Å². The fraction of sp³-hybridized carbons (Fsp3) is 0.455. The van der Waals surface area contributed by atoms with E-state index in [2.05, 4.69) is 28.1 Å². The minimum absolute atomic E-state index is 0.0103. The van der Waals surface area contributed by atoms with E-state index in [1.165, 1.54) is 11.1 Å². The Morgan fingerprint density at radius 3 is 2.06 bits per heavy atom. The van der Waals surface area contributed by atoms with Crippen molar-refractivity contribution >= 4 is 26.0 Å². The van der Waals surface area contributed by atoms with Crippen molar-refractivity contribution in [2.45, 2.75) is 12.8 Å². The molecular weight excluding hydrogens is 290 g/mol. The molecule has 1 aliphatic heterocycles. The van der Waals surface area contributed by atoms with Crippen molar-refractivity contribution in [3.05, 3.63) is 35.4 Å². The van der Waals surface area contributed by atoms with Crippen molar-refractivity contribution in [2.75, 3.05) is 17.8 Å². The number of alkyl halides is 1. The van der Waals surface area contributed by atoms with Gasteiger partial charge in [-0.1, -0.05) is 40.2 Å². The molecule has 1 aliphatic rings. The summed E-state index contributed by atoms with van der Waals surface area (Å²) in [4.78, 5) is 0. The number of halogens is 1. The summed E-state index contributed by atoms with van der Waals surface area (Å²) >= 11 is 3.04. The van der Waals surface area contributed by atoms with Crippen LogP contribution in [0.3, 0.4) is 0 Å². The molecule has 0 radical (unpaired) electrons. The summed E-state index contributed by atoms with van der Waals surface area (Å²) < 4.78 is 25.1. The molecule has 0 N–H and O–H groups in total. The number of hydrogen-bond donors (Lipinski definition) is 0. The quantitative estimate of drug-likeness (QED) is 0.781. The molecule has 1 aromatic carbocycles. The number of rotatable bonds is 2. The number of benzene rings is 1. The Bertz CT molecular complexity index is 446. The number of fused-ring (bicyclic) bond motifs is 1. The highest BCUT2D eigenvalue weighted by atomic mass is 79.9. The molecule has 2 rings (SSSR count). The van der Waals surface area contributed by atoms with Gasteiger partial charge in [0.05, 0.1) is 0 Å². The lowest BCUT2D eigenvalue weighted by Gasteiger charge is -2.17. The SMILES string of the molecule is O=S(=O)(CBr)N1CCc2ccccc2CC1. The minimum atomic E-state index is -3.11. The summed E-state index contributed by atoms with van der Waals surface area (Å²) in [7, 11) is -3.11. The predicted octanol–water partition coefficient (Wildman–Crippen LogP) is 1.77. The van der Waals surface area contributed by atoms with Crippen molar-refractivity contribution in [1.29, 1.82) is 0 Å². The molecule has 0 fully saturated rings. The lowest BCUT2D eigenvalue weighted by Crippen LogP contribution is -2.33. The van der Waals surface area contributed by atoms with Crippen LogP contribution in [-0.2, 0) is 22.9 Å². The average molecular weight is 304 g/mol. The van der Waals surface area contributed by atoms with Gasteiger partial charge in [0, 0.05) is 13.1 Å². The number of hydrogen-bond acceptors (Lipinski definition) is 2. The highest BCUT2D eigenvalue weighted by Gasteiger charge is 2.23. The monoisotopic (exact) mass is 303 g/mol. The molecule has 0 aromatic heterocycles. The summed E-state index contributed by atoms with van der Waals surface area (Å²) in [5.41, 5.74) is 2.55. The molecule has 0 bridgehead atoms. The topological polar surface area (TPSA) is 37.4 Å². The first-order chi connectivity index (χ1) is 7.63. The third-order valence-electron chi connectivity index (χ3n) is 2.91. The van der Waals surface area contributed by atoms with Gasteiger partial charge in [-0.05, 0) is 24.0 Å². The Hall–Kier alpha value is -0.390. The highest BCUT2D eigenvalue weighted by molar-refractivity contribution is 9.10. The first-order valence-electron chi connectivity index (χ1n) is 5.24. The zero-order valence-corrected chi connectivity index (χ0v) is 11.3. The van der Waals surface area contributed by atoms with Crippen LogP contribution >= 0.6 is 15.9 Å². The fourth-order valence-electron chi connectivity index (χ4n) is 1.99. The number of sulfonamides is 1. The third-order valence-corrected chi connectivity index (χ3v) is 6.07. The first kappa shape index (κ1) is 12.1. The smallest absolute Gasteiger partial charge is 0.211 e. The second-order valence-electron chi connectivity index (χ2n) is 3.89. The Labute approximate surface area is 105 Å². The second-order valence-corrected chi connectivity index (χ2v) is 7.16. The summed E-state index contributed by atoms with van der Waals surface area (Å²) in [6.45, 7) is 1.18. The van der Waals surface area contributed by atoms with Gasteiger partial charge in [-0.25, -0.2) is 12.7 Å². The van der Waals surface area contributed by atoms with Gasteiger partial charge in [-0.3, -0.25) is 0 Å². The molecule has 0 atom stereocenters. The highest BCUT2D eigenvalue weighted by Crippen LogP contribution is 2.18. The third kappa shape index (κ3) is 2.47. The zero-order valence-electron chi connectivity index (χ0n) is 8.89. The maximum atomic E-state index is 11.7. The van der Waals surface area contributed by atoms with Crippen molar-refractivity contribution < 1.29 is 8.42 Å². The van der Waals surface area contributed by atoms with Crippen LogP contribution in [0.5, 0.6) is 0 Å². The average Bonchev–Trinajstić information content (AvgIpc) is 2.51. The Morgan fingerprint density at radius 2 is 1.62 bits per heavy atom. The maximum absolute atomic E-state index is 11.7. The van der Waals surface area contributed by atoms with Gasteiger partial charge in [0.2, 0.25) is 10.0 Å². The van der Waals surface area contributed by atoms with E-state index in [1.807, 2.05) is 12.1 Å².